The molecule has 1 heterocycles. The number of carbonyl (C=O) groups excluding carboxylic acids is 1. The van der Waals surface area contributed by atoms with E-state index in [4.69, 9.17) is 5.73 Å². The largest absolute Gasteiger partial charge is 0.338 e. The Hall–Kier alpha value is -1.66. The van der Waals surface area contributed by atoms with Crippen LogP contribution in [0.1, 0.15) is 29.3 Å². The van der Waals surface area contributed by atoms with Crippen molar-refractivity contribution in [3.63, 3.8) is 0 Å². The molecule has 2 N–H and O–H groups in total. The molecule has 1 aliphatic heterocycles. The van der Waals surface area contributed by atoms with Gasteiger partial charge in [-0.1, -0.05) is 6.92 Å². The number of halogens is 1. The van der Waals surface area contributed by atoms with Crippen LogP contribution in [0.25, 0.3) is 0 Å². The highest BCUT2D eigenvalue weighted by Gasteiger charge is 2.27. The van der Waals surface area contributed by atoms with E-state index in [2.05, 4.69) is 0 Å². The summed E-state index contributed by atoms with van der Waals surface area (Å²) in [5, 5.41) is 10.8. The summed E-state index contributed by atoms with van der Waals surface area (Å²) in [5.41, 5.74) is 6.98. The molecular weight excluding hydrogens is 294 g/mol. The van der Waals surface area contributed by atoms with Crippen molar-refractivity contribution in [1.29, 1.82) is 0 Å². The molecule has 0 aliphatic carbocycles. The van der Waals surface area contributed by atoms with E-state index < -0.39 is 4.92 Å². The summed E-state index contributed by atoms with van der Waals surface area (Å²) in [7, 11) is 0. The molecule has 1 aromatic rings. The van der Waals surface area contributed by atoms with Crippen molar-refractivity contribution in [2.45, 2.75) is 26.3 Å². The molecule has 2 unspecified atom stereocenters. The number of hydrogen-bond acceptors (Lipinski definition) is 4. The molecule has 0 radical (unpaired) electrons. The molecule has 7 heteroatoms. The number of nitro benzene ring substituents is 1. The number of nitro groups is 1. The predicted molar refractivity (Wildman–Crippen MR) is 82.7 cm³/mol. The Morgan fingerprint density at radius 3 is 2.67 bits per heavy atom. The molecule has 0 bridgehead atoms. The number of piperidine rings is 1. The minimum Gasteiger partial charge on any atom is -0.338 e. The molecule has 0 spiro atoms. The zero-order valence-corrected chi connectivity index (χ0v) is 12.9. The maximum absolute atomic E-state index is 12.4. The van der Waals surface area contributed by atoms with E-state index in [9.17, 15) is 14.9 Å². The van der Waals surface area contributed by atoms with Crippen molar-refractivity contribution >= 4 is 24.0 Å². The Morgan fingerprint density at radius 2 is 2.14 bits per heavy atom. The van der Waals surface area contributed by atoms with Crippen LogP contribution in [0.3, 0.4) is 0 Å². The zero-order chi connectivity index (χ0) is 14.9. The van der Waals surface area contributed by atoms with E-state index in [1.807, 2.05) is 6.92 Å². The number of aryl methyl sites for hydroxylation is 1. The Bertz CT molecular complexity index is 550. The van der Waals surface area contributed by atoms with E-state index in [1.165, 1.54) is 12.1 Å². The minimum absolute atomic E-state index is 0. The molecule has 0 aromatic heterocycles. The topological polar surface area (TPSA) is 89.5 Å². The van der Waals surface area contributed by atoms with Gasteiger partial charge < -0.3 is 10.6 Å². The Balaban J connectivity index is 0.00000220. The molecule has 2 rings (SSSR count). The molecule has 21 heavy (non-hydrogen) atoms. The zero-order valence-electron chi connectivity index (χ0n) is 12.1. The SMILES string of the molecule is Cc1cc(C(=O)N2CCC(N)C(C)C2)ccc1[N+](=O)[O-].Cl. The van der Waals surface area contributed by atoms with Crippen LogP contribution in [0.2, 0.25) is 0 Å². The fourth-order valence-corrected chi connectivity index (χ4v) is 2.52. The van der Waals surface area contributed by atoms with Gasteiger partial charge in [-0.15, -0.1) is 12.4 Å². The summed E-state index contributed by atoms with van der Waals surface area (Å²) in [6, 6.07) is 4.63. The first-order chi connectivity index (χ1) is 9.40. The van der Waals surface area contributed by atoms with Gasteiger partial charge in [-0.2, -0.15) is 0 Å². The third-order valence-corrected chi connectivity index (χ3v) is 3.90. The van der Waals surface area contributed by atoms with Gasteiger partial charge in [-0.05, 0) is 31.4 Å². The number of amides is 1. The summed E-state index contributed by atoms with van der Waals surface area (Å²) >= 11 is 0. The number of rotatable bonds is 2. The van der Waals surface area contributed by atoms with Crippen LogP contribution < -0.4 is 5.73 Å². The van der Waals surface area contributed by atoms with Gasteiger partial charge in [-0.25, -0.2) is 0 Å². The molecule has 1 aromatic carbocycles. The van der Waals surface area contributed by atoms with Crippen LogP contribution in [0.15, 0.2) is 18.2 Å². The third kappa shape index (κ3) is 3.71. The van der Waals surface area contributed by atoms with Crippen molar-refractivity contribution in [3.05, 3.63) is 39.4 Å². The summed E-state index contributed by atoms with van der Waals surface area (Å²) in [6.45, 7) is 4.95. The normalized spacial score (nSPS) is 21.6. The monoisotopic (exact) mass is 313 g/mol. The first-order valence-electron chi connectivity index (χ1n) is 6.70. The third-order valence-electron chi connectivity index (χ3n) is 3.90. The van der Waals surface area contributed by atoms with E-state index in [0.29, 0.717) is 24.2 Å². The van der Waals surface area contributed by atoms with Crippen LogP contribution in [0, 0.1) is 23.0 Å². The Labute approximate surface area is 129 Å². The smallest absolute Gasteiger partial charge is 0.272 e. The van der Waals surface area contributed by atoms with Gasteiger partial charge in [0, 0.05) is 36.3 Å². The van der Waals surface area contributed by atoms with Gasteiger partial charge >= 0.3 is 0 Å². The van der Waals surface area contributed by atoms with Crippen molar-refractivity contribution < 1.29 is 9.72 Å². The molecule has 1 aliphatic rings. The highest BCUT2D eigenvalue weighted by Crippen LogP contribution is 2.22. The van der Waals surface area contributed by atoms with E-state index in [-0.39, 0.29) is 36.0 Å². The summed E-state index contributed by atoms with van der Waals surface area (Å²) in [5.74, 6) is 0.189. The molecule has 2 atom stereocenters. The molecule has 1 saturated heterocycles. The number of nitrogens with zero attached hydrogens (tertiary/aromatic N) is 2. The van der Waals surface area contributed by atoms with Gasteiger partial charge in [0.1, 0.15) is 0 Å². The average Bonchev–Trinajstić information content (AvgIpc) is 2.40. The molecule has 0 saturated carbocycles. The van der Waals surface area contributed by atoms with Gasteiger partial charge in [0.15, 0.2) is 0 Å². The second-order valence-corrected chi connectivity index (χ2v) is 5.44. The van der Waals surface area contributed by atoms with Crippen LogP contribution in [0.4, 0.5) is 5.69 Å². The lowest BCUT2D eigenvalue weighted by Gasteiger charge is -2.35. The van der Waals surface area contributed by atoms with Crippen LogP contribution in [0.5, 0.6) is 0 Å². The highest BCUT2D eigenvalue weighted by atomic mass is 35.5. The molecule has 1 fully saturated rings. The average molecular weight is 314 g/mol. The Kier molecular flexibility index (Phi) is 5.69. The maximum Gasteiger partial charge on any atom is 0.272 e. The standard InChI is InChI=1S/C14H19N3O3.ClH/c1-9-7-11(3-4-13(9)17(19)20)14(18)16-6-5-12(15)10(2)8-16;/h3-4,7,10,12H,5-6,8,15H2,1-2H3;1H. The number of carbonyl (C=O) groups is 1. The lowest BCUT2D eigenvalue weighted by Crippen LogP contribution is -2.48. The molecule has 6 nitrogen and oxygen atoms in total. The lowest BCUT2D eigenvalue weighted by molar-refractivity contribution is -0.385. The maximum atomic E-state index is 12.4. The van der Waals surface area contributed by atoms with E-state index >= 15 is 0 Å². The van der Waals surface area contributed by atoms with Crippen LogP contribution in [-0.2, 0) is 0 Å². The van der Waals surface area contributed by atoms with Gasteiger partial charge in [0.05, 0.1) is 4.92 Å². The van der Waals surface area contributed by atoms with Crippen molar-refractivity contribution in [2.75, 3.05) is 13.1 Å². The minimum atomic E-state index is -0.439. The second-order valence-electron chi connectivity index (χ2n) is 5.44. The molecule has 1 amide bonds. The second kappa shape index (κ2) is 6.87. The fourth-order valence-electron chi connectivity index (χ4n) is 2.52. The molecular formula is C14H20ClN3O3. The fraction of sp³-hybridized carbons (Fsp3) is 0.500. The van der Waals surface area contributed by atoms with Gasteiger partial charge in [-0.3, -0.25) is 14.9 Å². The van der Waals surface area contributed by atoms with Crippen molar-refractivity contribution in [1.82, 2.24) is 4.90 Å². The Morgan fingerprint density at radius 1 is 1.48 bits per heavy atom. The van der Waals surface area contributed by atoms with Gasteiger partial charge in [0.2, 0.25) is 0 Å². The number of benzene rings is 1. The van der Waals surface area contributed by atoms with Crippen LogP contribution >= 0.6 is 12.4 Å². The van der Waals surface area contributed by atoms with Crippen LogP contribution in [-0.4, -0.2) is 34.9 Å². The summed E-state index contributed by atoms with van der Waals surface area (Å²) in [4.78, 5) is 24.5. The quantitative estimate of drug-likeness (QED) is 0.669. The molecule has 116 valence electrons. The number of nitrogens with two attached hydrogens (primary N) is 1. The number of likely N-dealkylation sites (tertiary alicyclic amines) is 1. The van der Waals surface area contributed by atoms with E-state index in [1.54, 1.807) is 17.9 Å². The van der Waals surface area contributed by atoms with Crippen molar-refractivity contribution in [2.24, 2.45) is 11.7 Å². The summed E-state index contributed by atoms with van der Waals surface area (Å²) in [6.07, 6.45) is 0.791. The summed E-state index contributed by atoms with van der Waals surface area (Å²) < 4.78 is 0. The van der Waals surface area contributed by atoms with E-state index in [0.717, 1.165) is 6.42 Å². The van der Waals surface area contributed by atoms with Gasteiger partial charge in [0.25, 0.3) is 11.6 Å². The first-order valence-corrected chi connectivity index (χ1v) is 6.70. The predicted octanol–water partition coefficient (Wildman–Crippen LogP) is 2.13. The lowest BCUT2D eigenvalue weighted by atomic mass is 9.94. The highest BCUT2D eigenvalue weighted by molar-refractivity contribution is 5.94. The van der Waals surface area contributed by atoms with Crippen molar-refractivity contribution in [3.8, 4) is 0 Å². The first kappa shape index (κ1) is 17.4. The number of hydrogen-bond donors (Lipinski definition) is 1.